The van der Waals surface area contributed by atoms with Crippen molar-refractivity contribution >= 4 is 28.0 Å². The molecule has 0 N–H and O–H groups in total. The number of unbranched alkanes of at least 4 members (excludes halogenated alkanes) is 30. The Balaban J connectivity index is 0.000000349. The highest BCUT2D eigenvalue weighted by molar-refractivity contribution is 7.20. The highest BCUT2D eigenvalue weighted by Crippen LogP contribution is 2.31. The molecule has 6 aromatic carbocycles. The van der Waals surface area contributed by atoms with Gasteiger partial charge in [-0.15, -0.1) is 21.9 Å². The SMILES string of the molecule is CCCCCCCCCCCCCCCCCCOc1ccc([I+]c2ccc(OCCCCCCCCCCCCCCCCCC)cc2)cc1.Fc1c(F)c(F)c([B-](c2c(F)c(F)c(F)c(F)c2F)(c2c(F)c(F)c(F)c(F)c2F)c2c(F)c(F)c(F)c(F)c2F)c(F)c1F. The van der Waals surface area contributed by atoms with E-state index in [1.807, 2.05) is 0 Å². The quantitative estimate of drug-likeness (QED) is 0.00950. The van der Waals surface area contributed by atoms with Gasteiger partial charge in [-0.25, -0.2) is 87.8 Å². The zero-order valence-electron chi connectivity index (χ0n) is 54.0. The fraction of sp³-hybridized carbons (Fsp3) is 0.500. The number of ether oxygens (including phenoxy) is 2. The van der Waals surface area contributed by atoms with E-state index in [0.717, 1.165) is 24.7 Å². The summed E-state index contributed by atoms with van der Waals surface area (Å²) < 4.78 is 309. The van der Waals surface area contributed by atoms with Crippen LogP contribution in [0.25, 0.3) is 0 Å². The summed E-state index contributed by atoms with van der Waals surface area (Å²) in [6.07, 6.45) is 37.7. The lowest BCUT2D eigenvalue weighted by Gasteiger charge is -2.44. The molecule has 0 aliphatic heterocycles. The Bertz CT molecular complexity index is 2910. The van der Waals surface area contributed by atoms with Crippen LogP contribution in [-0.4, -0.2) is 19.4 Å². The van der Waals surface area contributed by atoms with Crippen molar-refractivity contribution in [3.63, 3.8) is 0 Å². The standard InChI is InChI=1S/C48H82IO2.C24BF20/c1-3-5-7-9-11-13-15-17-19-21-23-25-27-29-31-33-43-50-47-39-35-45(36-40-47)49-46-37-41-48(42-38-46)51-44-34-32-30-28-26-24-22-20-18-16-14-12-10-8-6-4-2;26-5-1(6(27)14(35)21(42)13(5)34)25(2-7(28)15(36)22(43)16(37)8(2)29,3-9(30)17(38)23(44)18(39)10(3)31)4-11(32)19(40)24(45)20(41)12(4)33/h35-42H,3-34,43-44H2,1-2H3;/q+1;-1. The predicted molar refractivity (Wildman–Crippen MR) is 330 cm³/mol. The fourth-order valence-electron chi connectivity index (χ4n) is 11.9. The molecule has 0 aliphatic carbocycles. The summed E-state index contributed by atoms with van der Waals surface area (Å²) in [4.78, 5) is 0. The van der Waals surface area contributed by atoms with Crippen LogP contribution in [0.5, 0.6) is 11.5 Å². The molecule has 0 amide bonds. The molecule has 0 saturated heterocycles. The molecular formula is C72H82BF20IO2. The zero-order chi connectivity index (χ0) is 70.5. The third-order valence-electron chi connectivity index (χ3n) is 17.1. The first-order chi connectivity index (χ1) is 46.0. The van der Waals surface area contributed by atoms with Crippen molar-refractivity contribution in [2.45, 2.75) is 219 Å². The van der Waals surface area contributed by atoms with Crippen LogP contribution in [0.2, 0.25) is 0 Å². The predicted octanol–water partition coefficient (Wildman–Crippen LogP) is 18.9. The van der Waals surface area contributed by atoms with Gasteiger partial charge in [-0.2, -0.15) is 0 Å². The minimum atomic E-state index is -7.22. The number of hydrogen-bond donors (Lipinski definition) is 0. The van der Waals surface area contributed by atoms with E-state index in [9.17, 15) is 52.7 Å². The monoisotopic (exact) mass is 1500 g/mol. The van der Waals surface area contributed by atoms with Crippen LogP contribution in [0.15, 0.2) is 48.5 Å². The van der Waals surface area contributed by atoms with Crippen molar-refractivity contribution < 1.29 is 118 Å². The number of benzene rings is 6. The molecule has 0 spiro atoms. The first-order valence-electron chi connectivity index (χ1n) is 33.4. The minimum absolute atomic E-state index is 0.181. The van der Waals surface area contributed by atoms with Crippen molar-refractivity contribution in [2.24, 2.45) is 0 Å². The molecule has 2 nitrogen and oxygen atoms in total. The third kappa shape index (κ3) is 21.7. The second kappa shape index (κ2) is 41.7. The number of halogens is 21. The summed E-state index contributed by atoms with van der Waals surface area (Å²) in [5.41, 5.74) is -14.3. The Morgan fingerprint density at radius 3 is 0.552 bits per heavy atom. The summed E-state index contributed by atoms with van der Waals surface area (Å²) in [6, 6.07) is 17.7. The normalized spacial score (nSPS) is 11.6. The molecule has 532 valence electrons. The molecule has 0 fully saturated rings. The van der Waals surface area contributed by atoms with E-state index in [1.54, 1.807) is 0 Å². The van der Waals surface area contributed by atoms with Gasteiger partial charge in [-0.05, 0) is 61.4 Å². The Morgan fingerprint density at radius 1 is 0.219 bits per heavy atom. The average Bonchev–Trinajstić information content (AvgIpc) is 0.683. The second-order valence-electron chi connectivity index (χ2n) is 24.1. The zero-order valence-corrected chi connectivity index (χ0v) is 56.1. The number of rotatable bonds is 42. The van der Waals surface area contributed by atoms with Crippen LogP contribution < -0.4 is 52.5 Å². The van der Waals surface area contributed by atoms with E-state index in [-0.39, 0.29) is 21.2 Å². The lowest BCUT2D eigenvalue weighted by Crippen LogP contribution is -3.61. The van der Waals surface area contributed by atoms with Gasteiger partial charge < -0.3 is 9.47 Å². The Labute approximate surface area is 559 Å². The molecular weight excluding hydrogens is 1410 g/mol. The summed E-state index contributed by atoms with van der Waals surface area (Å²) >= 11 is -0.181. The van der Waals surface area contributed by atoms with Crippen molar-refractivity contribution in [3.8, 4) is 11.5 Å². The molecule has 0 saturated carbocycles. The molecule has 0 atom stereocenters. The molecule has 96 heavy (non-hydrogen) atoms. The molecule has 0 bridgehead atoms. The van der Waals surface area contributed by atoms with Crippen molar-refractivity contribution in [1.82, 2.24) is 0 Å². The van der Waals surface area contributed by atoms with E-state index in [0.29, 0.717) is 0 Å². The minimum Gasteiger partial charge on any atom is -0.494 e. The number of hydrogen-bond acceptors (Lipinski definition) is 2. The molecule has 24 heteroatoms. The third-order valence-corrected chi connectivity index (χ3v) is 19.8. The molecule has 0 aliphatic rings. The lowest BCUT2D eigenvalue weighted by atomic mass is 9.12. The van der Waals surface area contributed by atoms with E-state index < -0.39 is 144 Å². The molecule has 0 heterocycles. The Morgan fingerprint density at radius 2 is 0.375 bits per heavy atom. The van der Waals surface area contributed by atoms with Crippen molar-refractivity contribution in [1.29, 1.82) is 0 Å². The Hall–Kier alpha value is -5.69. The first-order valence-corrected chi connectivity index (χ1v) is 35.5. The van der Waals surface area contributed by atoms with Gasteiger partial charge in [0, 0.05) is 0 Å². The van der Waals surface area contributed by atoms with Gasteiger partial charge in [-0.1, -0.05) is 206 Å². The largest absolute Gasteiger partial charge is 0.494 e. The van der Waals surface area contributed by atoms with Crippen LogP contribution in [0.3, 0.4) is 0 Å². The van der Waals surface area contributed by atoms with E-state index in [1.165, 1.54) is 213 Å². The highest BCUT2D eigenvalue weighted by Gasteiger charge is 2.52. The van der Waals surface area contributed by atoms with E-state index in [4.69, 9.17) is 9.47 Å². The van der Waals surface area contributed by atoms with Crippen molar-refractivity contribution in [3.05, 3.63) is 172 Å². The first kappa shape index (κ1) is 81.0. The van der Waals surface area contributed by atoms with Gasteiger partial charge in [0.15, 0.2) is 76.9 Å². The van der Waals surface area contributed by atoms with Crippen LogP contribution in [0, 0.1) is 123 Å². The summed E-state index contributed by atoms with van der Waals surface area (Å²) in [6.45, 7) is 6.28. The van der Waals surface area contributed by atoms with Gasteiger partial charge in [-0.3, -0.25) is 0 Å². The molecule has 6 aromatic rings. The van der Waals surface area contributed by atoms with Gasteiger partial charge in [0.1, 0.15) is 64.2 Å². The van der Waals surface area contributed by atoms with Gasteiger partial charge in [0.25, 0.3) is 0 Å². The van der Waals surface area contributed by atoms with Gasteiger partial charge in [0.2, 0.25) is 0 Å². The maximum atomic E-state index is 15.4. The maximum absolute atomic E-state index is 15.4. The maximum Gasteiger partial charge on any atom is 0.357 e. The average molecular weight is 1500 g/mol. The van der Waals surface area contributed by atoms with Crippen LogP contribution in [-0.2, 0) is 0 Å². The molecule has 0 radical (unpaired) electrons. The summed E-state index contributed by atoms with van der Waals surface area (Å²) in [5.74, 6) is -69.4. The lowest BCUT2D eigenvalue weighted by molar-refractivity contribution is -0.597. The highest BCUT2D eigenvalue weighted by atomic mass is 127. The van der Waals surface area contributed by atoms with Gasteiger partial charge in [0.05, 0.1) is 13.2 Å². The van der Waals surface area contributed by atoms with E-state index in [2.05, 4.69) is 62.4 Å². The summed E-state index contributed by atoms with van der Waals surface area (Å²) in [5, 5.41) is 0. The second-order valence-corrected chi connectivity index (χ2v) is 27.1. The summed E-state index contributed by atoms with van der Waals surface area (Å²) in [7, 11) is 0. The Kier molecular flexibility index (Phi) is 35.1. The smallest absolute Gasteiger partial charge is 0.357 e. The topological polar surface area (TPSA) is 18.5 Å². The van der Waals surface area contributed by atoms with Crippen LogP contribution in [0.4, 0.5) is 87.8 Å². The molecule has 0 aromatic heterocycles. The van der Waals surface area contributed by atoms with Crippen LogP contribution in [0.1, 0.15) is 219 Å². The van der Waals surface area contributed by atoms with Crippen molar-refractivity contribution in [2.75, 3.05) is 13.2 Å². The van der Waals surface area contributed by atoms with Crippen LogP contribution >= 0.6 is 0 Å². The molecule has 6 rings (SSSR count). The molecule has 0 unspecified atom stereocenters. The fourth-order valence-corrected chi connectivity index (χ4v) is 14.0. The van der Waals surface area contributed by atoms with E-state index >= 15 is 35.1 Å². The van der Waals surface area contributed by atoms with Gasteiger partial charge >= 0.3 is 21.2 Å².